The van der Waals surface area contributed by atoms with E-state index in [2.05, 4.69) is 9.05 Å². The van der Waals surface area contributed by atoms with Crippen LogP contribution in [0.5, 0.6) is 0 Å². The number of hydrogen-bond donors (Lipinski definition) is 2. The van der Waals surface area contributed by atoms with Crippen molar-refractivity contribution in [2.24, 2.45) is 0 Å². The highest BCUT2D eigenvalue weighted by molar-refractivity contribution is 7.32. The van der Waals surface area contributed by atoms with E-state index in [1.165, 1.54) is 0 Å². The molecule has 2 unspecified atom stereocenters. The highest BCUT2D eigenvalue weighted by Gasteiger charge is 2.14. The van der Waals surface area contributed by atoms with Crippen LogP contribution in [0.4, 0.5) is 0 Å². The maximum absolute atomic E-state index is 12.3. The summed E-state index contributed by atoms with van der Waals surface area (Å²) >= 11 is 0. The van der Waals surface area contributed by atoms with Crippen molar-refractivity contribution in [1.82, 2.24) is 0 Å². The summed E-state index contributed by atoms with van der Waals surface area (Å²) < 4.78 is 30.6. The van der Waals surface area contributed by atoms with Gasteiger partial charge in [-0.1, -0.05) is 61.0 Å². The monoisotopic (exact) mass is 426 g/mol. The van der Waals surface area contributed by atoms with Gasteiger partial charge in [0.15, 0.2) is 12.1 Å². The average Bonchev–Trinajstić information content (AvgIpc) is 2.67. The molecule has 0 aliphatic heterocycles. The normalized spacial score (nSPS) is 14.4. The van der Waals surface area contributed by atoms with Crippen molar-refractivity contribution < 1.29 is 32.8 Å². The molecule has 0 bridgehead atoms. The SMILES string of the molecule is O=C(CCCCCC(O[PH](=O)O)O[PH](=O)O)c1ccc(-c2ccccc2)cc1. The molecule has 0 saturated carbocycles. The summed E-state index contributed by atoms with van der Waals surface area (Å²) in [5, 5.41) is 0. The number of carbonyl (C=O) groups excluding carboxylic acids is 1. The number of unbranched alkanes of at least 4 members (excludes halogenated alkanes) is 2. The van der Waals surface area contributed by atoms with Gasteiger partial charge in [-0.25, -0.2) is 0 Å². The lowest BCUT2D eigenvalue weighted by Crippen LogP contribution is -2.10. The second-order valence-corrected chi connectivity index (χ2v) is 7.70. The van der Waals surface area contributed by atoms with E-state index >= 15 is 0 Å². The van der Waals surface area contributed by atoms with Crippen LogP contribution in [0, 0.1) is 0 Å². The van der Waals surface area contributed by atoms with Crippen molar-refractivity contribution in [3.8, 4) is 11.1 Å². The van der Waals surface area contributed by atoms with Crippen LogP contribution in [0.1, 0.15) is 42.5 Å². The van der Waals surface area contributed by atoms with Crippen molar-refractivity contribution in [3.05, 3.63) is 60.2 Å². The first-order chi connectivity index (χ1) is 13.5. The Hall–Kier alpha value is -1.59. The minimum Gasteiger partial charge on any atom is -0.326 e. The number of rotatable bonds is 12. The lowest BCUT2D eigenvalue weighted by molar-refractivity contribution is -0.00530. The Labute approximate surface area is 165 Å². The first kappa shape index (κ1) is 22.7. The molecule has 0 spiro atoms. The Morgan fingerprint density at radius 3 is 1.96 bits per heavy atom. The summed E-state index contributed by atoms with van der Waals surface area (Å²) in [4.78, 5) is 29.8. The lowest BCUT2D eigenvalue weighted by Gasteiger charge is -2.14. The van der Waals surface area contributed by atoms with Gasteiger partial charge in [0, 0.05) is 12.0 Å². The summed E-state index contributed by atoms with van der Waals surface area (Å²) in [5.74, 6) is 0.0458. The van der Waals surface area contributed by atoms with Crippen molar-refractivity contribution in [2.45, 2.75) is 38.4 Å². The second-order valence-electron chi connectivity index (χ2n) is 6.16. The van der Waals surface area contributed by atoms with Crippen molar-refractivity contribution in [1.29, 1.82) is 0 Å². The fourth-order valence-corrected chi connectivity index (χ4v) is 3.64. The van der Waals surface area contributed by atoms with Gasteiger partial charge in [0.1, 0.15) is 0 Å². The number of hydrogen-bond acceptors (Lipinski definition) is 5. The predicted octanol–water partition coefficient (Wildman–Crippen LogP) is 4.61. The third-order valence-corrected chi connectivity index (χ3v) is 5.05. The third-order valence-electron chi connectivity index (χ3n) is 4.12. The Kier molecular flexibility index (Phi) is 9.79. The van der Waals surface area contributed by atoms with E-state index in [1.807, 2.05) is 54.6 Å². The van der Waals surface area contributed by atoms with Crippen LogP contribution in [0.25, 0.3) is 11.1 Å². The fraction of sp³-hybridized carbons (Fsp3) is 0.316. The fourth-order valence-electron chi connectivity index (χ4n) is 2.76. The van der Waals surface area contributed by atoms with E-state index in [0.29, 0.717) is 31.2 Å². The van der Waals surface area contributed by atoms with Crippen LogP contribution >= 0.6 is 16.5 Å². The molecule has 2 rings (SSSR count). The smallest absolute Gasteiger partial charge is 0.318 e. The van der Waals surface area contributed by atoms with Crippen LogP contribution in [0.3, 0.4) is 0 Å². The molecule has 28 heavy (non-hydrogen) atoms. The lowest BCUT2D eigenvalue weighted by atomic mass is 10.00. The highest BCUT2D eigenvalue weighted by atomic mass is 31.1. The van der Waals surface area contributed by atoms with Crippen molar-refractivity contribution >= 4 is 22.3 Å². The molecular weight excluding hydrogens is 402 g/mol. The molecule has 0 aromatic heterocycles. The van der Waals surface area contributed by atoms with Gasteiger partial charge < -0.3 is 9.79 Å². The maximum Gasteiger partial charge on any atom is 0.318 e. The first-order valence-corrected chi connectivity index (χ1v) is 11.5. The molecular formula is C19H24O7P2. The highest BCUT2D eigenvalue weighted by Crippen LogP contribution is 2.29. The Balaban J connectivity index is 1.74. The Morgan fingerprint density at radius 2 is 1.39 bits per heavy atom. The van der Waals surface area contributed by atoms with Gasteiger partial charge >= 0.3 is 16.5 Å². The van der Waals surface area contributed by atoms with E-state index in [4.69, 9.17) is 9.79 Å². The molecule has 2 N–H and O–H groups in total. The van der Waals surface area contributed by atoms with Crippen LogP contribution in [0.2, 0.25) is 0 Å². The molecule has 152 valence electrons. The topological polar surface area (TPSA) is 110 Å². The zero-order valence-corrected chi connectivity index (χ0v) is 17.2. The molecule has 0 heterocycles. The molecule has 9 heteroatoms. The molecule has 0 fully saturated rings. The number of Topliss-reactive ketones (excluding diaryl/α,β-unsaturated/α-hetero) is 1. The zero-order valence-electron chi connectivity index (χ0n) is 15.2. The van der Waals surface area contributed by atoms with E-state index in [0.717, 1.165) is 11.1 Å². The van der Waals surface area contributed by atoms with Gasteiger partial charge in [0.2, 0.25) is 0 Å². The summed E-state index contributed by atoms with van der Waals surface area (Å²) in [6.07, 6.45) is 1.23. The summed E-state index contributed by atoms with van der Waals surface area (Å²) in [6, 6.07) is 17.4. The summed E-state index contributed by atoms with van der Waals surface area (Å²) in [6.45, 7) is 0. The van der Waals surface area contributed by atoms with E-state index in [1.54, 1.807) is 0 Å². The minimum absolute atomic E-state index is 0.0458. The predicted molar refractivity (Wildman–Crippen MR) is 108 cm³/mol. The van der Waals surface area contributed by atoms with Crippen LogP contribution in [-0.2, 0) is 18.2 Å². The van der Waals surface area contributed by atoms with Gasteiger partial charge in [-0.05, 0) is 30.4 Å². The van der Waals surface area contributed by atoms with Gasteiger partial charge in [-0.3, -0.25) is 23.0 Å². The maximum atomic E-state index is 12.3. The molecule has 0 aliphatic carbocycles. The molecule has 2 aromatic carbocycles. The third kappa shape index (κ3) is 8.19. The molecule has 2 atom stereocenters. The average molecular weight is 426 g/mol. The number of benzene rings is 2. The van der Waals surface area contributed by atoms with E-state index < -0.39 is 22.8 Å². The van der Waals surface area contributed by atoms with Crippen LogP contribution < -0.4 is 0 Å². The molecule has 0 saturated heterocycles. The minimum atomic E-state index is -3.26. The molecule has 0 radical (unpaired) electrons. The zero-order chi connectivity index (χ0) is 20.4. The molecule has 7 nitrogen and oxygen atoms in total. The Morgan fingerprint density at radius 1 is 0.821 bits per heavy atom. The van der Waals surface area contributed by atoms with Gasteiger partial charge in [0.25, 0.3) is 0 Å². The number of ketones is 1. The quantitative estimate of drug-likeness (QED) is 0.221. The summed E-state index contributed by atoms with van der Waals surface area (Å²) in [7, 11) is -6.51. The molecule has 2 aromatic rings. The van der Waals surface area contributed by atoms with E-state index in [9.17, 15) is 13.9 Å². The second kappa shape index (κ2) is 12.1. The van der Waals surface area contributed by atoms with Crippen molar-refractivity contribution in [2.75, 3.05) is 0 Å². The first-order valence-electron chi connectivity index (χ1n) is 8.93. The van der Waals surface area contributed by atoms with Gasteiger partial charge in [-0.2, -0.15) is 0 Å². The van der Waals surface area contributed by atoms with Gasteiger partial charge in [0.05, 0.1) is 0 Å². The van der Waals surface area contributed by atoms with Crippen LogP contribution in [-0.4, -0.2) is 21.9 Å². The van der Waals surface area contributed by atoms with Gasteiger partial charge in [-0.15, -0.1) is 0 Å². The molecule has 0 amide bonds. The summed E-state index contributed by atoms with van der Waals surface area (Å²) in [5.41, 5.74) is 2.80. The largest absolute Gasteiger partial charge is 0.326 e. The van der Waals surface area contributed by atoms with Crippen LogP contribution in [0.15, 0.2) is 54.6 Å². The number of carbonyl (C=O) groups is 1. The standard InChI is InChI=1S/C19H24O7P2/c20-18(9-5-2-6-10-19(25-27(21)22)26-28(23)24)17-13-11-16(12-14-17)15-7-3-1-4-8-15/h1,3-4,7-8,11-14,19,27-28H,2,5-6,9-10H2,(H,21,22)(H,23,24). The molecule has 0 aliphatic rings. The van der Waals surface area contributed by atoms with E-state index in [-0.39, 0.29) is 12.2 Å². The Bertz CT molecular complexity index is 778. The van der Waals surface area contributed by atoms with Crippen molar-refractivity contribution in [3.63, 3.8) is 0 Å².